The van der Waals surface area contributed by atoms with Crippen LogP contribution >= 0.6 is 0 Å². The zero-order valence-electron chi connectivity index (χ0n) is 10.0. The molecule has 0 amide bonds. The Hall–Kier alpha value is -2.32. The van der Waals surface area contributed by atoms with Crippen LogP contribution in [-0.2, 0) is 0 Å². The molecule has 0 N–H and O–H groups in total. The maximum absolute atomic E-state index is 9.24. The van der Waals surface area contributed by atoms with Gasteiger partial charge in [0.15, 0.2) is 11.4 Å². The van der Waals surface area contributed by atoms with Crippen molar-refractivity contribution in [1.29, 1.82) is 15.8 Å². The Morgan fingerprint density at radius 2 is 1.89 bits per heavy atom. The molecule has 1 aliphatic rings. The minimum Gasteiger partial charge on any atom is -0.317 e. The summed E-state index contributed by atoms with van der Waals surface area (Å²) in [6, 6.07) is 6.25. The monoisotopic (exact) mass is 239 g/mol. The van der Waals surface area contributed by atoms with Crippen LogP contribution in [0.1, 0.15) is 49.5 Å². The Kier molecular flexibility index (Phi) is 3.60. The molecule has 1 aliphatic carbocycles. The molecule has 1 saturated carbocycles. The highest BCUT2D eigenvalue weighted by Gasteiger charge is 2.27. The van der Waals surface area contributed by atoms with Gasteiger partial charge in [0, 0.05) is 0 Å². The molecule has 0 radical (unpaired) electrons. The van der Waals surface area contributed by atoms with Gasteiger partial charge in [-0.3, -0.25) is 0 Å². The van der Waals surface area contributed by atoms with E-state index in [1.165, 1.54) is 6.33 Å². The number of aromatic nitrogens is 2. The number of hydrogen-bond acceptors (Lipinski definition) is 4. The Morgan fingerprint density at radius 3 is 2.56 bits per heavy atom. The van der Waals surface area contributed by atoms with Gasteiger partial charge >= 0.3 is 0 Å². The van der Waals surface area contributed by atoms with E-state index in [2.05, 4.69) is 11.1 Å². The third kappa shape index (κ3) is 2.06. The molecule has 5 nitrogen and oxygen atoms in total. The van der Waals surface area contributed by atoms with E-state index in [4.69, 9.17) is 10.5 Å². The summed E-state index contributed by atoms with van der Waals surface area (Å²) in [6.07, 6.45) is 6.47. The number of nitrogens with zero attached hydrogens (tertiary/aromatic N) is 5. The van der Waals surface area contributed by atoms with E-state index in [1.54, 1.807) is 4.57 Å². The number of rotatable bonds is 1. The average Bonchev–Trinajstić information content (AvgIpc) is 2.67. The molecule has 0 aliphatic heterocycles. The van der Waals surface area contributed by atoms with Gasteiger partial charge in [-0.25, -0.2) is 4.98 Å². The predicted octanol–water partition coefficient (Wildman–Crippen LogP) is 2.27. The van der Waals surface area contributed by atoms with E-state index in [-0.39, 0.29) is 23.3 Å². The van der Waals surface area contributed by atoms with Crippen molar-refractivity contribution in [2.24, 2.45) is 5.92 Å². The number of imidazole rings is 1. The molecule has 2 rings (SSSR count). The minimum absolute atomic E-state index is 0.0262. The summed E-state index contributed by atoms with van der Waals surface area (Å²) in [5, 5.41) is 27.3. The largest absolute Gasteiger partial charge is 0.317 e. The van der Waals surface area contributed by atoms with Crippen LogP contribution in [0.3, 0.4) is 0 Å². The molecule has 1 aromatic heterocycles. The summed E-state index contributed by atoms with van der Waals surface area (Å²) in [5.74, 6) is -0.0969. The molecular weight excluding hydrogens is 226 g/mol. The lowest BCUT2D eigenvalue weighted by Gasteiger charge is -2.21. The van der Waals surface area contributed by atoms with Crippen molar-refractivity contribution in [1.82, 2.24) is 9.55 Å². The average molecular weight is 239 g/mol. The maximum Gasteiger partial charge on any atom is 0.176 e. The quantitative estimate of drug-likeness (QED) is 0.703. The van der Waals surface area contributed by atoms with E-state index < -0.39 is 0 Å². The van der Waals surface area contributed by atoms with Crippen LogP contribution in [0.4, 0.5) is 0 Å². The highest BCUT2D eigenvalue weighted by Crippen LogP contribution is 2.33. The van der Waals surface area contributed by atoms with Gasteiger partial charge in [-0.2, -0.15) is 15.8 Å². The van der Waals surface area contributed by atoms with Gasteiger partial charge < -0.3 is 4.57 Å². The lowest BCUT2D eigenvalue weighted by atomic mass is 9.96. The molecule has 2 unspecified atom stereocenters. The van der Waals surface area contributed by atoms with Gasteiger partial charge in [-0.05, 0) is 12.8 Å². The van der Waals surface area contributed by atoms with Crippen molar-refractivity contribution >= 4 is 0 Å². The van der Waals surface area contributed by atoms with Crippen LogP contribution in [-0.4, -0.2) is 9.55 Å². The first kappa shape index (κ1) is 12.1. The molecule has 2 atom stereocenters. The normalized spacial score (nSPS) is 23.4. The SMILES string of the molecule is N#Cc1ncn(C2CCCCCC2C#N)c1C#N. The second-order valence-electron chi connectivity index (χ2n) is 4.51. The van der Waals surface area contributed by atoms with Crippen molar-refractivity contribution in [2.45, 2.75) is 38.1 Å². The highest BCUT2D eigenvalue weighted by molar-refractivity contribution is 5.36. The van der Waals surface area contributed by atoms with E-state index in [0.717, 1.165) is 32.1 Å². The smallest absolute Gasteiger partial charge is 0.176 e. The van der Waals surface area contributed by atoms with Crippen LogP contribution in [0.2, 0.25) is 0 Å². The van der Waals surface area contributed by atoms with E-state index in [9.17, 15) is 5.26 Å². The van der Waals surface area contributed by atoms with Gasteiger partial charge in [0.1, 0.15) is 12.1 Å². The van der Waals surface area contributed by atoms with Gasteiger partial charge in [0.2, 0.25) is 0 Å². The molecule has 90 valence electrons. The van der Waals surface area contributed by atoms with Crippen LogP contribution < -0.4 is 0 Å². The summed E-state index contributed by atoms with van der Waals surface area (Å²) in [7, 11) is 0. The zero-order valence-corrected chi connectivity index (χ0v) is 10.0. The Bertz CT molecular complexity index is 551. The van der Waals surface area contributed by atoms with Crippen LogP contribution in [0.5, 0.6) is 0 Å². The molecule has 0 saturated heterocycles. The first-order valence-electron chi connectivity index (χ1n) is 6.08. The molecule has 1 fully saturated rings. The van der Waals surface area contributed by atoms with Crippen LogP contribution in [0.25, 0.3) is 0 Å². The minimum atomic E-state index is -0.0969. The first-order valence-corrected chi connectivity index (χ1v) is 6.08. The van der Waals surface area contributed by atoms with Crippen molar-refractivity contribution in [3.05, 3.63) is 17.7 Å². The standard InChI is InChI=1S/C13H13N5/c14-6-10-4-2-1-3-5-12(10)18-9-17-11(7-15)13(18)8-16/h9-10,12H,1-5H2. The maximum atomic E-state index is 9.24. The molecule has 1 heterocycles. The van der Waals surface area contributed by atoms with E-state index in [0.29, 0.717) is 0 Å². The zero-order chi connectivity index (χ0) is 13.0. The second-order valence-corrected chi connectivity index (χ2v) is 4.51. The highest BCUT2D eigenvalue weighted by atomic mass is 15.1. The summed E-state index contributed by atoms with van der Waals surface area (Å²) in [6.45, 7) is 0. The summed E-state index contributed by atoms with van der Waals surface area (Å²) in [5.41, 5.74) is 0.433. The third-order valence-electron chi connectivity index (χ3n) is 3.51. The Labute approximate surface area is 106 Å². The van der Waals surface area contributed by atoms with Gasteiger partial charge in [-0.1, -0.05) is 19.3 Å². The topological polar surface area (TPSA) is 89.2 Å². The molecule has 5 heteroatoms. The second kappa shape index (κ2) is 5.34. The van der Waals surface area contributed by atoms with E-state index >= 15 is 0 Å². The molecule has 18 heavy (non-hydrogen) atoms. The lowest BCUT2D eigenvalue weighted by molar-refractivity contribution is 0.370. The molecule has 0 spiro atoms. The summed E-state index contributed by atoms with van der Waals surface area (Å²) < 4.78 is 1.72. The fourth-order valence-electron chi connectivity index (χ4n) is 2.58. The van der Waals surface area contributed by atoms with Crippen LogP contribution in [0, 0.1) is 39.9 Å². The van der Waals surface area contributed by atoms with E-state index in [1.807, 2.05) is 12.1 Å². The lowest BCUT2D eigenvalue weighted by Crippen LogP contribution is -2.18. The van der Waals surface area contributed by atoms with Crippen molar-refractivity contribution in [3.8, 4) is 18.2 Å². The predicted molar refractivity (Wildman–Crippen MR) is 62.9 cm³/mol. The van der Waals surface area contributed by atoms with Gasteiger partial charge in [0.05, 0.1) is 24.4 Å². The summed E-state index contributed by atoms with van der Waals surface area (Å²) >= 11 is 0. The van der Waals surface area contributed by atoms with Crippen LogP contribution in [0.15, 0.2) is 6.33 Å². The number of nitriles is 3. The Morgan fingerprint density at radius 1 is 1.11 bits per heavy atom. The van der Waals surface area contributed by atoms with Gasteiger partial charge in [-0.15, -0.1) is 0 Å². The molecular formula is C13H13N5. The first-order chi connectivity index (χ1) is 8.81. The van der Waals surface area contributed by atoms with Crippen molar-refractivity contribution in [3.63, 3.8) is 0 Å². The molecule has 1 aromatic rings. The van der Waals surface area contributed by atoms with Crippen molar-refractivity contribution < 1.29 is 0 Å². The third-order valence-corrected chi connectivity index (χ3v) is 3.51. The number of hydrogen-bond donors (Lipinski definition) is 0. The summed E-state index contributed by atoms with van der Waals surface area (Å²) in [4.78, 5) is 3.95. The molecule has 0 bridgehead atoms. The fraction of sp³-hybridized carbons (Fsp3) is 0.538. The molecule has 0 aromatic carbocycles. The van der Waals surface area contributed by atoms with Gasteiger partial charge in [0.25, 0.3) is 0 Å². The Balaban J connectivity index is 2.41. The fourth-order valence-corrected chi connectivity index (χ4v) is 2.58. The van der Waals surface area contributed by atoms with Crippen molar-refractivity contribution in [2.75, 3.05) is 0 Å².